The van der Waals surface area contributed by atoms with Crippen LogP contribution in [0.3, 0.4) is 0 Å². The first-order chi connectivity index (χ1) is 13.3. The van der Waals surface area contributed by atoms with Crippen LogP contribution >= 0.6 is 12.4 Å². The third kappa shape index (κ3) is 7.48. The van der Waals surface area contributed by atoms with Gasteiger partial charge in [-0.2, -0.15) is 0 Å². The van der Waals surface area contributed by atoms with Gasteiger partial charge in [0, 0.05) is 18.6 Å². The highest BCUT2D eigenvalue weighted by atomic mass is 35.5. The number of rotatable bonds is 9. The van der Waals surface area contributed by atoms with E-state index < -0.39 is 0 Å². The minimum atomic E-state index is -0.204. The third-order valence-corrected chi connectivity index (χ3v) is 3.82. The Labute approximate surface area is 171 Å². The Morgan fingerprint density at radius 2 is 1.64 bits per heavy atom. The summed E-state index contributed by atoms with van der Waals surface area (Å²) in [4.78, 5) is 8.22. The summed E-state index contributed by atoms with van der Waals surface area (Å²) in [5, 5.41) is 0. The zero-order valence-corrected chi connectivity index (χ0v) is 16.3. The molecule has 0 bridgehead atoms. The molecule has 0 aliphatic rings. The Kier molecular flexibility index (Phi) is 9.15. The van der Waals surface area contributed by atoms with E-state index in [9.17, 15) is 0 Å². The lowest BCUT2D eigenvalue weighted by Gasteiger charge is -2.13. The van der Waals surface area contributed by atoms with E-state index in [0.717, 1.165) is 16.7 Å². The first-order valence-corrected chi connectivity index (χ1v) is 8.83. The van der Waals surface area contributed by atoms with Crippen LogP contribution in [0.5, 0.6) is 5.75 Å². The minimum absolute atomic E-state index is 0. The summed E-state index contributed by atoms with van der Waals surface area (Å²) < 4.78 is 11.4. The average Bonchev–Trinajstić information content (AvgIpc) is 2.73. The molecule has 2 N–H and O–H groups in total. The van der Waals surface area contributed by atoms with E-state index in [4.69, 9.17) is 15.2 Å². The predicted octanol–water partition coefficient (Wildman–Crippen LogP) is 3.99. The van der Waals surface area contributed by atoms with E-state index in [1.54, 1.807) is 24.8 Å². The molecule has 3 rings (SSSR count). The van der Waals surface area contributed by atoms with Crippen LogP contribution in [0.25, 0.3) is 12.2 Å². The van der Waals surface area contributed by atoms with Gasteiger partial charge in [0.05, 0.1) is 25.5 Å². The zero-order chi connectivity index (χ0) is 18.7. The molecule has 6 heteroatoms. The highest BCUT2D eigenvalue weighted by molar-refractivity contribution is 5.85. The maximum absolute atomic E-state index is 6.07. The Bertz CT molecular complexity index is 845. The second-order valence-corrected chi connectivity index (χ2v) is 6.14. The van der Waals surface area contributed by atoms with Gasteiger partial charge in [-0.15, -0.1) is 12.4 Å². The van der Waals surface area contributed by atoms with Crippen molar-refractivity contribution in [3.63, 3.8) is 0 Å². The maximum atomic E-state index is 6.07. The van der Waals surface area contributed by atoms with Crippen molar-refractivity contribution in [1.82, 2.24) is 9.97 Å². The van der Waals surface area contributed by atoms with E-state index in [1.807, 2.05) is 60.7 Å². The summed E-state index contributed by atoms with van der Waals surface area (Å²) in [5.74, 6) is 0.686. The fraction of sp³-hybridized carbons (Fsp3) is 0.182. The summed E-state index contributed by atoms with van der Waals surface area (Å²) in [6, 6.07) is 15.6. The van der Waals surface area contributed by atoms with Crippen molar-refractivity contribution in [2.45, 2.75) is 12.6 Å². The second-order valence-electron chi connectivity index (χ2n) is 6.14. The molecule has 28 heavy (non-hydrogen) atoms. The number of nitrogens with two attached hydrogens (primary N) is 1. The van der Waals surface area contributed by atoms with E-state index in [0.29, 0.717) is 25.6 Å². The van der Waals surface area contributed by atoms with Crippen LogP contribution in [-0.2, 0) is 11.3 Å². The van der Waals surface area contributed by atoms with Gasteiger partial charge >= 0.3 is 0 Å². The molecule has 2 aromatic heterocycles. The molecule has 2 heterocycles. The Morgan fingerprint density at radius 1 is 0.893 bits per heavy atom. The largest absolute Gasteiger partial charge is 0.490 e. The van der Waals surface area contributed by atoms with E-state index >= 15 is 0 Å². The maximum Gasteiger partial charge on any atom is 0.138 e. The standard InChI is InChI=1S/C22H23N3O2.ClH/c23-21(16-26-15-19-4-2-1-3-5-19)17-27-22-12-20(13-25-14-22)7-6-18-8-10-24-11-9-18;/h1-14,21H,15-17,23H2;1H. The van der Waals surface area contributed by atoms with Gasteiger partial charge in [-0.25, -0.2) is 0 Å². The lowest BCUT2D eigenvalue weighted by molar-refractivity contribution is 0.0935. The number of aromatic nitrogens is 2. The molecular weight excluding hydrogens is 374 g/mol. The van der Waals surface area contributed by atoms with E-state index in [1.165, 1.54) is 0 Å². The number of hydrogen-bond donors (Lipinski definition) is 1. The molecule has 3 aromatic rings. The van der Waals surface area contributed by atoms with Gasteiger partial charge < -0.3 is 15.2 Å². The smallest absolute Gasteiger partial charge is 0.138 e. The number of benzene rings is 1. The summed E-state index contributed by atoms with van der Waals surface area (Å²) in [7, 11) is 0. The highest BCUT2D eigenvalue weighted by Gasteiger charge is 2.05. The van der Waals surface area contributed by atoms with Crippen LogP contribution < -0.4 is 10.5 Å². The Morgan fingerprint density at radius 3 is 2.43 bits per heavy atom. The van der Waals surface area contributed by atoms with Crippen molar-refractivity contribution in [3.05, 3.63) is 90.0 Å². The van der Waals surface area contributed by atoms with Crippen LogP contribution in [0, 0.1) is 0 Å². The molecule has 0 amide bonds. The molecule has 0 saturated heterocycles. The molecule has 0 saturated carbocycles. The summed E-state index contributed by atoms with van der Waals surface area (Å²) in [6.45, 7) is 1.35. The van der Waals surface area contributed by atoms with Crippen molar-refractivity contribution in [3.8, 4) is 5.75 Å². The van der Waals surface area contributed by atoms with Gasteiger partial charge in [-0.1, -0.05) is 42.5 Å². The molecule has 1 atom stereocenters. The van der Waals surface area contributed by atoms with Crippen molar-refractivity contribution >= 4 is 24.6 Å². The van der Waals surface area contributed by atoms with Crippen LogP contribution in [0.15, 0.2) is 73.3 Å². The lowest BCUT2D eigenvalue weighted by Crippen LogP contribution is -2.32. The number of hydrogen-bond acceptors (Lipinski definition) is 5. The normalized spacial score (nSPS) is 11.8. The van der Waals surface area contributed by atoms with Gasteiger partial charge in [0.1, 0.15) is 12.4 Å². The summed E-state index contributed by atoms with van der Waals surface area (Å²) in [6.07, 6.45) is 11.0. The van der Waals surface area contributed by atoms with E-state index in [-0.39, 0.29) is 18.4 Å². The molecule has 146 valence electrons. The molecule has 5 nitrogen and oxygen atoms in total. The number of pyridine rings is 2. The topological polar surface area (TPSA) is 70.3 Å². The molecule has 0 radical (unpaired) electrons. The molecule has 0 fully saturated rings. The monoisotopic (exact) mass is 397 g/mol. The lowest BCUT2D eigenvalue weighted by atomic mass is 10.2. The molecule has 0 aliphatic carbocycles. The highest BCUT2D eigenvalue weighted by Crippen LogP contribution is 2.14. The fourth-order valence-corrected chi connectivity index (χ4v) is 2.43. The summed E-state index contributed by atoms with van der Waals surface area (Å²) in [5.41, 5.74) is 9.23. The van der Waals surface area contributed by atoms with Crippen LogP contribution in [0.1, 0.15) is 16.7 Å². The predicted molar refractivity (Wildman–Crippen MR) is 114 cm³/mol. The number of halogens is 1. The van der Waals surface area contributed by atoms with Crippen LogP contribution in [0.4, 0.5) is 0 Å². The summed E-state index contributed by atoms with van der Waals surface area (Å²) >= 11 is 0. The quantitative estimate of drug-likeness (QED) is 0.591. The van der Waals surface area contributed by atoms with E-state index in [2.05, 4.69) is 9.97 Å². The SMILES string of the molecule is Cl.NC(COCc1ccccc1)COc1cncc(C=Cc2ccncc2)c1. The van der Waals surface area contributed by atoms with Gasteiger partial charge in [0.2, 0.25) is 0 Å². The number of nitrogens with zero attached hydrogens (tertiary/aromatic N) is 2. The first-order valence-electron chi connectivity index (χ1n) is 8.83. The molecule has 0 aliphatic heterocycles. The first kappa shape index (κ1) is 21.6. The molecule has 1 aromatic carbocycles. The van der Waals surface area contributed by atoms with Gasteiger partial charge in [-0.05, 0) is 34.9 Å². The zero-order valence-electron chi connectivity index (χ0n) is 15.5. The molecule has 1 unspecified atom stereocenters. The molecule has 0 spiro atoms. The van der Waals surface area contributed by atoms with Crippen molar-refractivity contribution in [2.24, 2.45) is 5.73 Å². The number of ether oxygens (including phenoxy) is 2. The third-order valence-electron chi connectivity index (χ3n) is 3.82. The van der Waals surface area contributed by atoms with Gasteiger partial charge in [0.15, 0.2) is 0 Å². The van der Waals surface area contributed by atoms with Gasteiger partial charge in [-0.3, -0.25) is 9.97 Å². The second kappa shape index (κ2) is 11.9. The van der Waals surface area contributed by atoms with Crippen molar-refractivity contribution < 1.29 is 9.47 Å². The van der Waals surface area contributed by atoms with Crippen LogP contribution in [0.2, 0.25) is 0 Å². The van der Waals surface area contributed by atoms with Crippen molar-refractivity contribution in [2.75, 3.05) is 13.2 Å². The fourth-order valence-electron chi connectivity index (χ4n) is 2.43. The van der Waals surface area contributed by atoms with Gasteiger partial charge in [0.25, 0.3) is 0 Å². The minimum Gasteiger partial charge on any atom is -0.490 e. The Hall–Kier alpha value is -2.73. The van der Waals surface area contributed by atoms with Crippen LogP contribution in [-0.4, -0.2) is 29.2 Å². The van der Waals surface area contributed by atoms with Crippen molar-refractivity contribution in [1.29, 1.82) is 0 Å². The molecular formula is C22H24ClN3O2. The Balaban J connectivity index is 0.00000280. The average molecular weight is 398 g/mol.